The molecule has 0 bridgehead atoms. The van der Waals surface area contributed by atoms with Crippen LogP contribution in [0.15, 0.2) is 0 Å². The summed E-state index contributed by atoms with van der Waals surface area (Å²) in [5, 5.41) is 0. The molecule has 5 nitrogen and oxygen atoms in total. The van der Waals surface area contributed by atoms with Gasteiger partial charge in [0.2, 0.25) is 0 Å². The lowest BCUT2D eigenvalue weighted by Crippen LogP contribution is -2.23. The molecule has 0 spiro atoms. The van der Waals surface area contributed by atoms with Crippen LogP contribution in [0.25, 0.3) is 0 Å². The molecular weight excluding hydrogens is 231 g/mol. The average molecular weight is 250 g/mol. The molecule has 0 amide bonds. The molecule has 1 saturated heterocycles. The zero-order valence-corrected chi connectivity index (χ0v) is 10.7. The van der Waals surface area contributed by atoms with Gasteiger partial charge >= 0.3 is 7.60 Å². The Labute approximate surface area is 96.0 Å². The van der Waals surface area contributed by atoms with Crippen LogP contribution < -0.4 is 0 Å². The van der Waals surface area contributed by atoms with Crippen molar-refractivity contribution in [3.8, 4) is 0 Å². The van der Waals surface area contributed by atoms with Gasteiger partial charge in [-0.1, -0.05) is 0 Å². The highest BCUT2D eigenvalue weighted by atomic mass is 31.2. The van der Waals surface area contributed by atoms with Gasteiger partial charge in [0, 0.05) is 27.2 Å². The van der Waals surface area contributed by atoms with Gasteiger partial charge < -0.3 is 13.8 Å². The van der Waals surface area contributed by atoms with Gasteiger partial charge in [0.15, 0.2) is 0 Å². The Bertz CT molecular complexity index is 264. The monoisotopic (exact) mass is 250 g/mol. The van der Waals surface area contributed by atoms with E-state index in [1.807, 2.05) is 0 Å². The number of hydrogen-bond acceptors (Lipinski definition) is 5. The summed E-state index contributed by atoms with van der Waals surface area (Å²) < 4.78 is 26.6. The first kappa shape index (κ1) is 13.8. The maximum atomic E-state index is 11.7. The first-order chi connectivity index (χ1) is 7.59. The molecule has 0 radical (unpaired) electrons. The summed E-state index contributed by atoms with van der Waals surface area (Å²) in [6, 6.07) is 0. The van der Waals surface area contributed by atoms with Crippen LogP contribution in [-0.4, -0.2) is 38.9 Å². The molecule has 1 rings (SSSR count). The first-order valence-corrected chi connectivity index (χ1v) is 7.16. The van der Waals surface area contributed by atoms with E-state index < -0.39 is 7.60 Å². The molecule has 0 aromatic carbocycles. The van der Waals surface area contributed by atoms with Crippen molar-refractivity contribution in [2.24, 2.45) is 0 Å². The molecule has 1 fully saturated rings. The van der Waals surface area contributed by atoms with Crippen molar-refractivity contribution in [2.75, 3.05) is 27.0 Å². The van der Waals surface area contributed by atoms with Gasteiger partial charge in [-0.05, 0) is 19.3 Å². The van der Waals surface area contributed by atoms with Crippen molar-refractivity contribution in [3.05, 3.63) is 0 Å². The van der Waals surface area contributed by atoms with E-state index in [1.54, 1.807) is 0 Å². The number of rotatable bonds is 6. The minimum Gasteiger partial charge on any atom is -0.378 e. The largest absolute Gasteiger partial charge is 0.378 e. The second-order valence-corrected chi connectivity index (χ2v) is 6.13. The van der Waals surface area contributed by atoms with Crippen LogP contribution in [0.5, 0.6) is 0 Å². The maximum Gasteiger partial charge on any atom is 0.337 e. The first-order valence-electron chi connectivity index (χ1n) is 5.43. The minimum atomic E-state index is -3.21. The van der Waals surface area contributed by atoms with Gasteiger partial charge in [-0.25, -0.2) is 0 Å². The van der Waals surface area contributed by atoms with Crippen molar-refractivity contribution in [3.63, 3.8) is 0 Å². The topological polar surface area (TPSA) is 61.8 Å². The van der Waals surface area contributed by atoms with E-state index in [2.05, 4.69) is 0 Å². The Morgan fingerprint density at radius 3 is 2.56 bits per heavy atom. The lowest BCUT2D eigenvalue weighted by molar-refractivity contribution is -0.120. The predicted molar refractivity (Wildman–Crippen MR) is 59.7 cm³/mol. The Balaban J connectivity index is 2.37. The lowest BCUT2D eigenvalue weighted by Gasteiger charge is -2.22. The van der Waals surface area contributed by atoms with E-state index in [1.165, 1.54) is 14.2 Å². The number of Topliss-reactive ketones (excluding diaryl/α,β-unsaturated/α-hetero) is 1. The third kappa shape index (κ3) is 4.34. The van der Waals surface area contributed by atoms with Gasteiger partial charge in [-0.15, -0.1) is 0 Å². The fraction of sp³-hybridized carbons (Fsp3) is 0.900. The van der Waals surface area contributed by atoms with Gasteiger partial charge in [0.1, 0.15) is 11.9 Å². The fourth-order valence-corrected chi connectivity index (χ4v) is 2.67. The lowest BCUT2D eigenvalue weighted by atomic mass is 10.0. The number of carbonyl (C=O) groups excluding carboxylic acids is 1. The highest BCUT2D eigenvalue weighted by Gasteiger charge is 2.27. The quantitative estimate of drug-likeness (QED) is 0.675. The zero-order chi connectivity index (χ0) is 12.0. The summed E-state index contributed by atoms with van der Waals surface area (Å²) in [5.41, 5.74) is 0. The summed E-state index contributed by atoms with van der Waals surface area (Å²) in [7, 11) is -0.637. The van der Waals surface area contributed by atoms with Crippen LogP contribution in [0.2, 0.25) is 0 Å². The summed E-state index contributed by atoms with van der Waals surface area (Å²) in [5.74, 6) is -0.126. The molecule has 0 N–H and O–H groups in total. The third-order valence-corrected chi connectivity index (χ3v) is 4.51. The van der Waals surface area contributed by atoms with E-state index in [0.29, 0.717) is 13.0 Å². The Morgan fingerprint density at radius 2 is 2.06 bits per heavy atom. The van der Waals surface area contributed by atoms with Crippen LogP contribution in [-0.2, 0) is 23.1 Å². The molecule has 1 atom stereocenters. The van der Waals surface area contributed by atoms with Crippen LogP contribution >= 0.6 is 7.60 Å². The van der Waals surface area contributed by atoms with Crippen LogP contribution in [0.4, 0.5) is 0 Å². The van der Waals surface area contributed by atoms with Gasteiger partial charge in [0.25, 0.3) is 0 Å². The summed E-state index contributed by atoms with van der Waals surface area (Å²) in [6.07, 6.45) is 3.15. The third-order valence-electron chi connectivity index (χ3n) is 2.66. The SMILES string of the molecule is COP(=O)(CC(=O)CC1CCCCO1)OC. The Hall–Kier alpha value is -0.220. The van der Waals surface area contributed by atoms with Gasteiger partial charge in [-0.3, -0.25) is 9.36 Å². The molecule has 1 heterocycles. The Morgan fingerprint density at radius 1 is 1.38 bits per heavy atom. The summed E-state index contributed by atoms with van der Waals surface area (Å²) >= 11 is 0. The van der Waals surface area contributed by atoms with Crippen molar-refractivity contribution in [1.29, 1.82) is 0 Å². The van der Waals surface area contributed by atoms with Crippen molar-refractivity contribution in [1.82, 2.24) is 0 Å². The Kier molecular flexibility index (Phi) is 5.62. The molecular formula is C10H19O5P. The fourth-order valence-electron chi connectivity index (χ4n) is 1.71. The van der Waals surface area contributed by atoms with E-state index in [0.717, 1.165) is 19.3 Å². The molecule has 1 aliphatic rings. The molecule has 0 saturated carbocycles. The van der Waals surface area contributed by atoms with E-state index in [-0.39, 0.29) is 18.0 Å². The molecule has 94 valence electrons. The van der Waals surface area contributed by atoms with E-state index in [9.17, 15) is 9.36 Å². The maximum absolute atomic E-state index is 11.7. The van der Waals surface area contributed by atoms with Gasteiger partial charge in [-0.2, -0.15) is 0 Å². The van der Waals surface area contributed by atoms with E-state index >= 15 is 0 Å². The number of ketones is 1. The number of hydrogen-bond donors (Lipinski definition) is 0. The molecule has 1 aliphatic heterocycles. The smallest absolute Gasteiger partial charge is 0.337 e. The van der Waals surface area contributed by atoms with Crippen molar-refractivity contribution in [2.45, 2.75) is 31.8 Å². The summed E-state index contributed by atoms with van der Waals surface area (Å²) in [4.78, 5) is 11.6. The van der Waals surface area contributed by atoms with Gasteiger partial charge in [0.05, 0.1) is 6.10 Å². The van der Waals surface area contributed by atoms with Crippen molar-refractivity contribution < 1.29 is 23.1 Å². The highest BCUT2D eigenvalue weighted by Crippen LogP contribution is 2.46. The molecule has 0 aliphatic carbocycles. The molecule has 0 aromatic heterocycles. The highest BCUT2D eigenvalue weighted by molar-refractivity contribution is 7.54. The van der Waals surface area contributed by atoms with E-state index in [4.69, 9.17) is 13.8 Å². The van der Waals surface area contributed by atoms with Crippen LogP contribution in [0.1, 0.15) is 25.7 Å². The second kappa shape index (κ2) is 6.50. The average Bonchev–Trinajstić information content (AvgIpc) is 2.30. The standard InChI is InChI=1S/C10H19O5P/c1-13-16(12,14-2)8-9(11)7-10-5-3-4-6-15-10/h10H,3-8H2,1-2H3. The molecule has 0 aromatic rings. The molecule has 1 unspecified atom stereocenters. The number of carbonyl (C=O) groups is 1. The molecule has 16 heavy (non-hydrogen) atoms. The van der Waals surface area contributed by atoms with Crippen LogP contribution in [0, 0.1) is 0 Å². The molecule has 6 heteroatoms. The normalized spacial score (nSPS) is 22.0. The number of ether oxygens (including phenoxy) is 1. The second-order valence-electron chi connectivity index (χ2n) is 3.87. The predicted octanol–water partition coefficient (Wildman–Crippen LogP) is 2.00. The van der Waals surface area contributed by atoms with Crippen LogP contribution in [0.3, 0.4) is 0 Å². The van der Waals surface area contributed by atoms with Crippen molar-refractivity contribution >= 4 is 13.4 Å². The zero-order valence-electron chi connectivity index (χ0n) is 9.81. The summed E-state index contributed by atoms with van der Waals surface area (Å²) in [6.45, 7) is 0.712. The minimum absolute atomic E-state index is 0.0246.